The van der Waals surface area contributed by atoms with Crippen molar-refractivity contribution in [2.45, 2.75) is 25.7 Å². The maximum atomic E-state index is 12.1. The van der Waals surface area contributed by atoms with E-state index in [-0.39, 0.29) is 17.4 Å². The van der Waals surface area contributed by atoms with Gasteiger partial charge in [0.25, 0.3) is 11.5 Å². The van der Waals surface area contributed by atoms with E-state index in [0.717, 1.165) is 36.9 Å². The van der Waals surface area contributed by atoms with Crippen molar-refractivity contribution in [2.75, 3.05) is 5.32 Å². The Kier molecular flexibility index (Phi) is 3.75. The number of aryl methyl sites for hydroxylation is 1. The highest BCUT2D eigenvalue weighted by molar-refractivity contribution is 6.31. The molecule has 1 heterocycles. The molecule has 21 heavy (non-hydrogen) atoms. The van der Waals surface area contributed by atoms with Crippen LogP contribution in [0.2, 0.25) is 5.02 Å². The standard InChI is InChI=1S/C15H14ClN3O2/c16-10-5-3-4-9(8-10)13(20)18-15-17-12-7-2-1-6-11(12)14(21)19-15/h3-5,8H,1-2,6-7H2,(H2,17,18,19,20,21). The average molecular weight is 304 g/mol. The Morgan fingerprint density at radius 1 is 1.29 bits per heavy atom. The number of rotatable bonds is 2. The summed E-state index contributed by atoms with van der Waals surface area (Å²) < 4.78 is 0. The zero-order chi connectivity index (χ0) is 14.8. The summed E-state index contributed by atoms with van der Waals surface area (Å²) in [5, 5.41) is 3.09. The molecule has 0 unspecified atom stereocenters. The molecule has 0 atom stereocenters. The summed E-state index contributed by atoms with van der Waals surface area (Å²) in [6.45, 7) is 0. The molecule has 6 heteroatoms. The molecular weight excluding hydrogens is 290 g/mol. The molecule has 0 saturated carbocycles. The van der Waals surface area contributed by atoms with Crippen molar-refractivity contribution in [3.63, 3.8) is 0 Å². The molecule has 0 bridgehead atoms. The van der Waals surface area contributed by atoms with E-state index in [1.807, 2.05) is 0 Å². The molecular formula is C15H14ClN3O2. The van der Waals surface area contributed by atoms with Crippen LogP contribution in [0.3, 0.4) is 0 Å². The van der Waals surface area contributed by atoms with Gasteiger partial charge < -0.3 is 0 Å². The van der Waals surface area contributed by atoms with Gasteiger partial charge >= 0.3 is 0 Å². The summed E-state index contributed by atoms with van der Waals surface area (Å²) in [5.74, 6) is -0.165. The third kappa shape index (κ3) is 2.97. The highest BCUT2D eigenvalue weighted by Gasteiger charge is 2.16. The summed E-state index contributed by atoms with van der Waals surface area (Å²) in [5.41, 5.74) is 1.78. The predicted octanol–water partition coefficient (Wildman–Crippen LogP) is 2.55. The van der Waals surface area contributed by atoms with Crippen LogP contribution in [0.4, 0.5) is 5.95 Å². The zero-order valence-corrected chi connectivity index (χ0v) is 12.0. The molecule has 108 valence electrons. The maximum Gasteiger partial charge on any atom is 0.258 e. The Bertz CT molecular complexity index is 755. The van der Waals surface area contributed by atoms with Gasteiger partial charge in [0.15, 0.2) is 0 Å². The smallest absolute Gasteiger partial charge is 0.258 e. The van der Waals surface area contributed by atoms with E-state index < -0.39 is 0 Å². The first-order chi connectivity index (χ1) is 10.1. The van der Waals surface area contributed by atoms with Gasteiger partial charge in [0, 0.05) is 16.1 Å². The van der Waals surface area contributed by atoms with Gasteiger partial charge in [-0.1, -0.05) is 17.7 Å². The van der Waals surface area contributed by atoms with Gasteiger partial charge in [0.1, 0.15) is 0 Å². The van der Waals surface area contributed by atoms with Crippen LogP contribution in [-0.2, 0) is 12.8 Å². The number of H-pyrrole nitrogens is 1. The average Bonchev–Trinajstić information content (AvgIpc) is 2.47. The van der Waals surface area contributed by atoms with Crippen LogP contribution >= 0.6 is 11.6 Å². The lowest BCUT2D eigenvalue weighted by molar-refractivity contribution is 0.102. The number of fused-ring (bicyclic) bond motifs is 1. The van der Waals surface area contributed by atoms with E-state index in [0.29, 0.717) is 10.6 Å². The highest BCUT2D eigenvalue weighted by Crippen LogP contribution is 2.17. The predicted molar refractivity (Wildman–Crippen MR) is 80.9 cm³/mol. The molecule has 5 nitrogen and oxygen atoms in total. The number of benzene rings is 1. The molecule has 2 N–H and O–H groups in total. The van der Waals surface area contributed by atoms with Crippen molar-refractivity contribution in [3.8, 4) is 0 Å². The van der Waals surface area contributed by atoms with Gasteiger partial charge in [0.05, 0.1) is 5.69 Å². The highest BCUT2D eigenvalue weighted by atomic mass is 35.5. The number of nitrogens with zero attached hydrogens (tertiary/aromatic N) is 1. The van der Waals surface area contributed by atoms with Gasteiger partial charge in [-0.05, 0) is 43.9 Å². The number of carbonyl (C=O) groups is 1. The summed E-state index contributed by atoms with van der Waals surface area (Å²) in [7, 11) is 0. The van der Waals surface area contributed by atoms with Crippen LogP contribution < -0.4 is 10.9 Å². The first kappa shape index (κ1) is 13.8. The largest absolute Gasteiger partial charge is 0.292 e. The Morgan fingerprint density at radius 2 is 2.10 bits per heavy atom. The molecule has 0 aliphatic heterocycles. The van der Waals surface area contributed by atoms with Crippen LogP contribution in [0.25, 0.3) is 0 Å². The maximum absolute atomic E-state index is 12.1. The van der Waals surface area contributed by atoms with Crippen molar-refractivity contribution < 1.29 is 4.79 Å². The van der Waals surface area contributed by atoms with Crippen LogP contribution in [0, 0.1) is 0 Å². The Balaban J connectivity index is 1.87. The van der Waals surface area contributed by atoms with Crippen LogP contribution in [0.5, 0.6) is 0 Å². The number of anilines is 1. The monoisotopic (exact) mass is 303 g/mol. The number of hydrogen-bond donors (Lipinski definition) is 2. The third-order valence-corrected chi connectivity index (χ3v) is 3.75. The van der Waals surface area contributed by atoms with Gasteiger partial charge in [-0.25, -0.2) is 4.98 Å². The fourth-order valence-corrected chi connectivity index (χ4v) is 2.66. The minimum absolute atomic E-state index is 0.166. The van der Waals surface area contributed by atoms with Crippen molar-refractivity contribution >= 4 is 23.5 Å². The van der Waals surface area contributed by atoms with Crippen molar-refractivity contribution in [1.82, 2.24) is 9.97 Å². The second-order valence-electron chi connectivity index (χ2n) is 5.01. The molecule has 0 fully saturated rings. The van der Waals surface area contributed by atoms with Crippen LogP contribution in [0.1, 0.15) is 34.5 Å². The zero-order valence-electron chi connectivity index (χ0n) is 11.3. The quantitative estimate of drug-likeness (QED) is 0.895. The van der Waals surface area contributed by atoms with Crippen molar-refractivity contribution in [3.05, 3.63) is 56.5 Å². The molecule has 3 rings (SSSR count). The second kappa shape index (κ2) is 5.69. The number of amides is 1. The molecule has 1 aromatic heterocycles. The van der Waals surface area contributed by atoms with Crippen LogP contribution in [-0.4, -0.2) is 15.9 Å². The lowest BCUT2D eigenvalue weighted by Gasteiger charge is -2.14. The number of hydrogen-bond acceptors (Lipinski definition) is 3. The van der Waals surface area contributed by atoms with Gasteiger partial charge in [0.2, 0.25) is 5.95 Å². The molecule has 1 aromatic carbocycles. The first-order valence-corrected chi connectivity index (χ1v) is 7.20. The topological polar surface area (TPSA) is 74.8 Å². The van der Waals surface area contributed by atoms with Gasteiger partial charge in [-0.15, -0.1) is 0 Å². The number of halogens is 1. The van der Waals surface area contributed by atoms with E-state index in [1.165, 1.54) is 0 Å². The minimum Gasteiger partial charge on any atom is -0.292 e. The van der Waals surface area contributed by atoms with Gasteiger partial charge in [-0.3, -0.25) is 19.9 Å². The summed E-state index contributed by atoms with van der Waals surface area (Å²) in [4.78, 5) is 31.1. The molecule has 1 amide bonds. The Morgan fingerprint density at radius 3 is 2.90 bits per heavy atom. The summed E-state index contributed by atoms with van der Waals surface area (Å²) >= 11 is 5.86. The third-order valence-electron chi connectivity index (χ3n) is 3.51. The second-order valence-corrected chi connectivity index (χ2v) is 5.45. The van der Waals surface area contributed by atoms with E-state index in [4.69, 9.17) is 11.6 Å². The Hall–Kier alpha value is -2.14. The Labute approximate surface area is 126 Å². The fourth-order valence-electron chi connectivity index (χ4n) is 2.47. The lowest BCUT2D eigenvalue weighted by Crippen LogP contribution is -2.24. The summed E-state index contributed by atoms with van der Waals surface area (Å²) in [6.07, 6.45) is 3.55. The van der Waals surface area contributed by atoms with E-state index in [9.17, 15) is 9.59 Å². The SMILES string of the molecule is O=C(Nc1nc2c(c(=O)[nH]1)CCCC2)c1cccc(Cl)c1. The van der Waals surface area contributed by atoms with Crippen molar-refractivity contribution in [2.24, 2.45) is 0 Å². The minimum atomic E-state index is -0.351. The lowest BCUT2D eigenvalue weighted by atomic mass is 9.97. The van der Waals surface area contributed by atoms with E-state index >= 15 is 0 Å². The normalized spacial score (nSPS) is 13.6. The number of aromatic amines is 1. The molecule has 2 aromatic rings. The molecule has 1 aliphatic rings. The molecule has 0 saturated heterocycles. The number of nitrogens with one attached hydrogen (secondary N) is 2. The van der Waals surface area contributed by atoms with Crippen molar-refractivity contribution in [1.29, 1.82) is 0 Å². The number of carbonyl (C=O) groups excluding carboxylic acids is 1. The molecule has 1 aliphatic carbocycles. The summed E-state index contributed by atoms with van der Waals surface area (Å²) in [6, 6.07) is 6.60. The van der Waals surface area contributed by atoms with Gasteiger partial charge in [-0.2, -0.15) is 0 Å². The van der Waals surface area contributed by atoms with Crippen LogP contribution in [0.15, 0.2) is 29.1 Å². The fraction of sp³-hybridized carbons (Fsp3) is 0.267. The molecule has 0 radical (unpaired) electrons. The first-order valence-electron chi connectivity index (χ1n) is 6.82. The number of aromatic nitrogens is 2. The molecule has 0 spiro atoms. The van der Waals surface area contributed by atoms with E-state index in [2.05, 4.69) is 15.3 Å². The van der Waals surface area contributed by atoms with E-state index in [1.54, 1.807) is 24.3 Å².